The van der Waals surface area contributed by atoms with Gasteiger partial charge >= 0.3 is 0 Å². The van der Waals surface area contributed by atoms with E-state index in [1.165, 1.54) is 11.3 Å². The van der Waals surface area contributed by atoms with Gasteiger partial charge in [0.25, 0.3) is 0 Å². The van der Waals surface area contributed by atoms with Gasteiger partial charge in [0.2, 0.25) is 0 Å². The van der Waals surface area contributed by atoms with Crippen LogP contribution in [-0.4, -0.2) is 26.1 Å². The number of allylic oxidation sites excluding steroid dienone is 1. The van der Waals surface area contributed by atoms with Gasteiger partial charge in [-0.1, -0.05) is 59.7 Å². The molecule has 2 heterocycles. The summed E-state index contributed by atoms with van der Waals surface area (Å²) in [4.78, 5) is 35.9. The second-order valence-corrected chi connectivity index (χ2v) is 8.76. The number of Topliss-reactive ketones (excluding diaryl/α,β-unsaturated/α-hetero) is 2. The molecule has 0 radical (unpaired) electrons. The van der Waals surface area contributed by atoms with Crippen LogP contribution < -0.4 is 0 Å². The molecule has 2 aromatic heterocycles. The summed E-state index contributed by atoms with van der Waals surface area (Å²) in [6, 6.07) is 21.0. The van der Waals surface area contributed by atoms with Crippen LogP contribution in [0.25, 0.3) is 27.3 Å². The number of hydrogen-bond acceptors (Lipinski definition) is 5. The Hall–Kier alpha value is -4.34. The lowest BCUT2D eigenvalue weighted by atomic mass is 10.0. The van der Waals surface area contributed by atoms with Crippen molar-refractivity contribution >= 4 is 50.2 Å². The van der Waals surface area contributed by atoms with E-state index in [1.807, 2.05) is 66.2 Å². The molecule has 0 N–H and O–H groups in total. The van der Waals surface area contributed by atoms with Crippen molar-refractivity contribution in [3.63, 3.8) is 0 Å². The number of ketones is 2. The summed E-state index contributed by atoms with van der Waals surface area (Å²) in [5.74, 6) is 6.27. The van der Waals surface area contributed by atoms with Crippen LogP contribution in [0.1, 0.15) is 37.1 Å². The van der Waals surface area contributed by atoms with Crippen molar-refractivity contribution in [2.75, 3.05) is 0 Å². The summed E-state index contributed by atoms with van der Waals surface area (Å²) < 4.78 is 1.82. The minimum atomic E-state index is -0.262. The number of imidazole rings is 1. The van der Waals surface area contributed by atoms with Crippen LogP contribution in [0.5, 0.6) is 0 Å². The lowest BCUT2D eigenvalue weighted by Gasteiger charge is -2.00. The van der Waals surface area contributed by atoms with Gasteiger partial charge in [-0.3, -0.25) is 9.59 Å². The monoisotopic (exact) mass is 445 g/mol. The molecule has 0 atom stereocenters. The van der Waals surface area contributed by atoms with E-state index in [2.05, 4.69) is 21.8 Å². The highest BCUT2D eigenvalue weighted by Gasteiger charge is 2.33. The first kappa shape index (κ1) is 19.4. The normalized spacial score (nSPS) is 12.8. The molecule has 0 amide bonds. The van der Waals surface area contributed by atoms with Crippen LogP contribution in [0.15, 0.2) is 72.3 Å². The Morgan fingerprint density at radius 2 is 1.48 bits per heavy atom. The van der Waals surface area contributed by atoms with Crippen molar-refractivity contribution in [2.24, 2.45) is 7.05 Å². The van der Waals surface area contributed by atoms with E-state index in [9.17, 15) is 9.59 Å². The third-order valence-electron chi connectivity index (χ3n) is 5.68. The van der Waals surface area contributed by atoms with E-state index in [1.54, 1.807) is 18.2 Å². The maximum atomic E-state index is 13.0. The number of aromatic nitrogens is 3. The van der Waals surface area contributed by atoms with Crippen LogP contribution in [0, 0.1) is 11.8 Å². The average molecular weight is 446 g/mol. The third kappa shape index (κ3) is 3.18. The number of nitrogens with zero attached hydrogens (tertiary/aromatic N) is 3. The molecular weight excluding hydrogens is 430 g/mol. The SMILES string of the molecule is Cn1c(C#Cc2ccccc2)nc2sc(C=C3C(=O)c4cc5ccccc5cc4C3=O)nc21. The zero-order valence-electron chi connectivity index (χ0n) is 17.5. The fraction of sp³-hybridized carbons (Fsp3) is 0.0370. The molecule has 0 bridgehead atoms. The molecule has 5 nitrogen and oxygen atoms in total. The Bertz CT molecular complexity index is 1660. The summed E-state index contributed by atoms with van der Waals surface area (Å²) in [6.07, 6.45) is 1.58. The van der Waals surface area contributed by atoms with Crippen LogP contribution in [0.3, 0.4) is 0 Å². The fourth-order valence-corrected chi connectivity index (χ4v) is 4.88. The first-order valence-corrected chi connectivity index (χ1v) is 11.1. The Morgan fingerprint density at radius 1 is 0.848 bits per heavy atom. The molecule has 0 saturated carbocycles. The minimum Gasteiger partial charge on any atom is -0.304 e. The molecule has 1 aliphatic rings. The van der Waals surface area contributed by atoms with E-state index >= 15 is 0 Å². The topological polar surface area (TPSA) is 64.8 Å². The molecule has 0 unspecified atom stereocenters. The predicted molar refractivity (Wildman–Crippen MR) is 129 cm³/mol. The fourth-order valence-electron chi connectivity index (χ4n) is 3.97. The molecule has 0 fully saturated rings. The van der Waals surface area contributed by atoms with Crippen molar-refractivity contribution in [3.8, 4) is 11.8 Å². The molecule has 33 heavy (non-hydrogen) atoms. The average Bonchev–Trinajstić information content (AvgIpc) is 3.44. The van der Waals surface area contributed by atoms with Gasteiger partial charge in [0.05, 0.1) is 5.57 Å². The maximum Gasteiger partial charge on any atom is 0.197 e. The van der Waals surface area contributed by atoms with Crippen LogP contribution in [0.2, 0.25) is 0 Å². The number of benzene rings is 3. The van der Waals surface area contributed by atoms with Gasteiger partial charge in [0.15, 0.2) is 27.9 Å². The Morgan fingerprint density at radius 3 is 2.12 bits per heavy atom. The quantitative estimate of drug-likeness (QED) is 0.206. The van der Waals surface area contributed by atoms with Gasteiger partial charge in [0, 0.05) is 23.7 Å². The molecule has 6 heteroatoms. The lowest BCUT2D eigenvalue weighted by Crippen LogP contribution is -2.00. The second-order valence-electron chi connectivity index (χ2n) is 7.75. The molecule has 3 aromatic carbocycles. The number of thiazole rings is 1. The number of carbonyl (C=O) groups is 2. The molecular formula is C27H15N3O2S. The highest BCUT2D eigenvalue weighted by molar-refractivity contribution is 7.18. The van der Waals surface area contributed by atoms with Gasteiger partial charge in [-0.05, 0) is 47.0 Å². The van der Waals surface area contributed by atoms with Gasteiger partial charge in [-0.2, -0.15) is 0 Å². The number of hydrogen-bond donors (Lipinski definition) is 0. The van der Waals surface area contributed by atoms with Gasteiger partial charge in [-0.15, -0.1) is 0 Å². The highest BCUT2D eigenvalue weighted by Crippen LogP contribution is 2.33. The number of carbonyl (C=O) groups excluding carboxylic acids is 2. The van der Waals surface area contributed by atoms with Crippen molar-refractivity contribution < 1.29 is 9.59 Å². The summed E-state index contributed by atoms with van der Waals surface area (Å²) in [6.45, 7) is 0. The molecule has 156 valence electrons. The van der Waals surface area contributed by atoms with E-state index in [4.69, 9.17) is 0 Å². The first-order valence-electron chi connectivity index (χ1n) is 10.3. The van der Waals surface area contributed by atoms with Crippen LogP contribution in [-0.2, 0) is 7.05 Å². The summed E-state index contributed by atoms with van der Waals surface area (Å²) >= 11 is 1.33. The predicted octanol–water partition coefficient (Wildman–Crippen LogP) is 5.05. The summed E-state index contributed by atoms with van der Waals surface area (Å²) in [5, 5.41) is 2.44. The molecule has 0 spiro atoms. The second kappa shape index (κ2) is 7.37. The lowest BCUT2D eigenvalue weighted by molar-refractivity contribution is 0.0990. The minimum absolute atomic E-state index is 0.142. The Labute approximate surface area is 193 Å². The van der Waals surface area contributed by atoms with Crippen LogP contribution >= 0.6 is 11.3 Å². The molecule has 1 aliphatic carbocycles. The summed E-state index contributed by atoms with van der Waals surface area (Å²) in [7, 11) is 1.86. The van der Waals surface area contributed by atoms with E-state index in [0.29, 0.717) is 32.4 Å². The van der Waals surface area contributed by atoms with Crippen molar-refractivity contribution in [3.05, 3.63) is 99.8 Å². The maximum absolute atomic E-state index is 13.0. The van der Waals surface area contributed by atoms with Gasteiger partial charge < -0.3 is 4.57 Å². The van der Waals surface area contributed by atoms with E-state index in [0.717, 1.165) is 16.3 Å². The standard InChI is InChI=1S/C27H15N3O2S/c1-30-22(12-11-16-7-3-2-4-8-16)28-27-26(30)29-23(33-27)15-21-24(31)19-13-17-9-5-6-10-18(17)14-20(19)25(21)32/h2-10,13-15H,1H3. The molecule has 0 saturated heterocycles. The first-order chi connectivity index (χ1) is 16.1. The number of rotatable bonds is 1. The number of fused-ring (bicyclic) bond motifs is 3. The zero-order valence-corrected chi connectivity index (χ0v) is 18.3. The van der Waals surface area contributed by atoms with Crippen molar-refractivity contribution in [1.29, 1.82) is 0 Å². The third-order valence-corrected chi connectivity index (χ3v) is 6.56. The Kier molecular flexibility index (Phi) is 4.32. The number of aryl methyl sites for hydroxylation is 1. The Balaban J connectivity index is 1.36. The van der Waals surface area contributed by atoms with E-state index < -0.39 is 0 Å². The molecule has 6 rings (SSSR count). The van der Waals surface area contributed by atoms with Crippen LogP contribution in [0.4, 0.5) is 0 Å². The van der Waals surface area contributed by atoms with Crippen molar-refractivity contribution in [1.82, 2.24) is 14.5 Å². The molecule has 0 aliphatic heterocycles. The van der Waals surface area contributed by atoms with Gasteiger partial charge in [0.1, 0.15) is 5.01 Å². The smallest absolute Gasteiger partial charge is 0.197 e. The molecule has 5 aromatic rings. The van der Waals surface area contributed by atoms with Crippen molar-refractivity contribution in [2.45, 2.75) is 0 Å². The van der Waals surface area contributed by atoms with Gasteiger partial charge in [-0.25, -0.2) is 9.97 Å². The summed E-state index contributed by atoms with van der Waals surface area (Å²) in [5.41, 5.74) is 2.62. The van der Waals surface area contributed by atoms with E-state index in [-0.39, 0.29) is 17.1 Å². The zero-order chi connectivity index (χ0) is 22.5. The largest absolute Gasteiger partial charge is 0.304 e. The highest BCUT2D eigenvalue weighted by atomic mass is 32.1.